The van der Waals surface area contributed by atoms with E-state index in [0.717, 1.165) is 26.2 Å². The number of amides is 1. The molecule has 1 aliphatic carbocycles. The van der Waals surface area contributed by atoms with Crippen LogP contribution in [0.4, 0.5) is 0 Å². The Kier molecular flexibility index (Phi) is 7.72. The van der Waals surface area contributed by atoms with Crippen molar-refractivity contribution in [3.63, 3.8) is 0 Å². The maximum Gasteiger partial charge on any atom is 0.223 e. The highest BCUT2D eigenvalue weighted by Crippen LogP contribution is 2.44. The van der Waals surface area contributed by atoms with Crippen LogP contribution in [0.3, 0.4) is 0 Å². The molecule has 2 fully saturated rings. The number of piperazine rings is 1. The Balaban J connectivity index is 0.00000280. The zero-order chi connectivity index (χ0) is 19.4. The van der Waals surface area contributed by atoms with Crippen LogP contribution in [0.5, 0.6) is 11.5 Å². The Hall–Kier alpha value is -1.79. The molecule has 0 bridgehead atoms. The zero-order valence-electron chi connectivity index (χ0n) is 17.0. The van der Waals surface area contributed by atoms with Crippen molar-refractivity contribution in [1.82, 2.24) is 9.80 Å². The second-order valence-corrected chi connectivity index (χ2v) is 7.44. The average Bonchev–Trinajstić information content (AvgIpc) is 3.52. The van der Waals surface area contributed by atoms with Gasteiger partial charge in [0.25, 0.3) is 0 Å². The second kappa shape index (κ2) is 9.61. The lowest BCUT2D eigenvalue weighted by atomic mass is 10.0. The number of hydrogen-bond donors (Lipinski definition) is 0. The summed E-state index contributed by atoms with van der Waals surface area (Å²) in [6.07, 6.45) is 4.24. The largest absolute Gasteiger partial charge is 0.493 e. The molecule has 0 aromatic heterocycles. The van der Waals surface area contributed by atoms with Crippen molar-refractivity contribution in [2.75, 3.05) is 40.4 Å². The van der Waals surface area contributed by atoms with Gasteiger partial charge in [0.15, 0.2) is 17.3 Å². The topological polar surface area (TPSA) is 59.1 Å². The van der Waals surface area contributed by atoms with E-state index in [-0.39, 0.29) is 36.9 Å². The van der Waals surface area contributed by atoms with E-state index < -0.39 is 0 Å². The standard InChI is InChI=1S/C21H30N2O4.ClH/c1-4-21(9-10-21)23-13-11-22(12-14-23)20(25)8-6-17(24)16-5-7-18(26-2)19(15-16)27-3;/h5,7,15H,4,6,8-14H2,1-3H3;1H. The van der Waals surface area contributed by atoms with E-state index in [2.05, 4.69) is 11.8 Å². The van der Waals surface area contributed by atoms with Gasteiger partial charge in [0, 0.05) is 50.1 Å². The number of halogens is 1. The molecule has 7 heteroatoms. The average molecular weight is 411 g/mol. The minimum Gasteiger partial charge on any atom is -0.493 e. The predicted octanol–water partition coefficient (Wildman–Crippen LogP) is 3.18. The molecule has 1 aliphatic heterocycles. The van der Waals surface area contributed by atoms with Crippen LogP contribution in [0.15, 0.2) is 18.2 Å². The lowest BCUT2D eigenvalue weighted by Gasteiger charge is -2.39. The molecule has 0 unspecified atom stereocenters. The first-order valence-corrected chi connectivity index (χ1v) is 9.81. The highest BCUT2D eigenvalue weighted by molar-refractivity contribution is 5.98. The number of carbonyl (C=O) groups is 2. The first-order valence-electron chi connectivity index (χ1n) is 9.81. The van der Waals surface area contributed by atoms with Crippen molar-refractivity contribution in [1.29, 1.82) is 0 Å². The predicted molar refractivity (Wildman–Crippen MR) is 111 cm³/mol. The Morgan fingerprint density at radius 2 is 1.64 bits per heavy atom. The van der Waals surface area contributed by atoms with E-state index in [0.29, 0.717) is 22.6 Å². The van der Waals surface area contributed by atoms with Gasteiger partial charge in [0.2, 0.25) is 5.91 Å². The van der Waals surface area contributed by atoms with E-state index in [4.69, 9.17) is 9.47 Å². The number of methoxy groups -OCH3 is 2. The maximum absolute atomic E-state index is 12.5. The molecule has 1 saturated carbocycles. The minimum atomic E-state index is -0.0501. The molecule has 1 heterocycles. The molecule has 1 aromatic rings. The normalized spacial score (nSPS) is 18.2. The van der Waals surface area contributed by atoms with Gasteiger partial charge in [0.05, 0.1) is 14.2 Å². The summed E-state index contributed by atoms with van der Waals surface area (Å²) in [5, 5.41) is 0. The lowest BCUT2D eigenvalue weighted by molar-refractivity contribution is -0.133. The number of hydrogen-bond acceptors (Lipinski definition) is 5. The number of nitrogens with zero attached hydrogens (tertiary/aromatic N) is 2. The molecular weight excluding hydrogens is 380 g/mol. The molecule has 1 amide bonds. The SMILES string of the molecule is CCC1(N2CCN(C(=O)CCC(=O)c3ccc(OC)c(OC)c3)CC2)CC1.Cl. The van der Waals surface area contributed by atoms with Gasteiger partial charge in [0.1, 0.15) is 0 Å². The Bertz CT molecular complexity index is 698. The fraction of sp³-hybridized carbons (Fsp3) is 0.619. The molecule has 0 spiro atoms. The maximum atomic E-state index is 12.5. The Labute approximate surface area is 173 Å². The van der Waals surface area contributed by atoms with Gasteiger partial charge < -0.3 is 14.4 Å². The van der Waals surface area contributed by atoms with Gasteiger partial charge >= 0.3 is 0 Å². The van der Waals surface area contributed by atoms with Crippen LogP contribution < -0.4 is 9.47 Å². The van der Waals surface area contributed by atoms with Gasteiger partial charge in [-0.2, -0.15) is 0 Å². The summed E-state index contributed by atoms with van der Waals surface area (Å²) in [6.45, 7) is 5.69. The Morgan fingerprint density at radius 1 is 1.00 bits per heavy atom. The van der Waals surface area contributed by atoms with Gasteiger partial charge in [-0.05, 0) is 37.5 Å². The molecule has 1 aromatic carbocycles. The molecule has 0 radical (unpaired) electrons. The van der Waals surface area contributed by atoms with Crippen molar-refractivity contribution < 1.29 is 19.1 Å². The summed E-state index contributed by atoms with van der Waals surface area (Å²) < 4.78 is 10.4. The van der Waals surface area contributed by atoms with Crippen LogP contribution in [0.2, 0.25) is 0 Å². The summed E-state index contributed by atoms with van der Waals surface area (Å²) in [4.78, 5) is 29.4. The summed E-state index contributed by atoms with van der Waals surface area (Å²) in [7, 11) is 3.10. The highest BCUT2D eigenvalue weighted by Gasteiger charge is 2.46. The molecule has 0 N–H and O–H groups in total. The van der Waals surface area contributed by atoms with Crippen LogP contribution in [-0.4, -0.2) is 67.4 Å². The fourth-order valence-corrected chi connectivity index (χ4v) is 4.00. The lowest BCUT2D eigenvalue weighted by Crippen LogP contribution is -2.52. The van der Waals surface area contributed by atoms with Crippen molar-refractivity contribution in [3.05, 3.63) is 23.8 Å². The van der Waals surface area contributed by atoms with Crippen molar-refractivity contribution in [3.8, 4) is 11.5 Å². The number of Topliss-reactive ketones (excluding diaryl/α,β-unsaturated/α-hetero) is 1. The molecular formula is C21H31ClN2O4. The number of ether oxygens (including phenoxy) is 2. The van der Waals surface area contributed by atoms with Gasteiger partial charge in [-0.1, -0.05) is 6.92 Å². The molecule has 1 saturated heterocycles. The summed E-state index contributed by atoms with van der Waals surface area (Å²) in [5.74, 6) is 1.13. The number of ketones is 1. The quantitative estimate of drug-likeness (QED) is 0.616. The number of benzene rings is 1. The van der Waals surface area contributed by atoms with E-state index in [1.807, 2.05) is 4.90 Å². The van der Waals surface area contributed by atoms with Crippen LogP contribution >= 0.6 is 12.4 Å². The minimum absolute atomic E-state index is 0. The molecule has 6 nitrogen and oxygen atoms in total. The first-order chi connectivity index (χ1) is 13.0. The smallest absolute Gasteiger partial charge is 0.223 e. The second-order valence-electron chi connectivity index (χ2n) is 7.44. The monoisotopic (exact) mass is 410 g/mol. The van der Waals surface area contributed by atoms with E-state index in [1.165, 1.54) is 19.3 Å². The van der Waals surface area contributed by atoms with Crippen molar-refractivity contribution in [2.45, 2.75) is 44.6 Å². The molecule has 3 rings (SSSR count). The molecule has 0 atom stereocenters. The van der Waals surface area contributed by atoms with Gasteiger partial charge in [-0.3, -0.25) is 14.5 Å². The molecule has 28 heavy (non-hydrogen) atoms. The van der Waals surface area contributed by atoms with Crippen LogP contribution in [0.1, 0.15) is 49.4 Å². The van der Waals surface area contributed by atoms with Crippen molar-refractivity contribution >= 4 is 24.1 Å². The third-order valence-electron chi connectivity index (χ3n) is 6.06. The highest BCUT2D eigenvalue weighted by atomic mass is 35.5. The van der Waals surface area contributed by atoms with Gasteiger partial charge in [-0.15, -0.1) is 12.4 Å². The van der Waals surface area contributed by atoms with E-state index >= 15 is 0 Å². The van der Waals surface area contributed by atoms with Crippen LogP contribution in [-0.2, 0) is 4.79 Å². The zero-order valence-corrected chi connectivity index (χ0v) is 17.8. The third kappa shape index (κ3) is 4.78. The molecule has 156 valence electrons. The molecule has 2 aliphatic rings. The van der Waals surface area contributed by atoms with Crippen LogP contribution in [0, 0.1) is 0 Å². The van der Waals surface area contributed by atoms with Crippen molar-refractivity contribution in [2.24, 2.45) is 0 Å². The first kappa shape index (κ1) is 22.5. The fourth-order valence-electron chi connectivity index (χ4n) is 4.00. The van der Waals surface area contributed by atoms with E-state index in [1.54, 1.807) is 32.4 Å². The number of carbonyl (C=O) groups excluding carboxylic acids is 2. The van der Waals surface area contributed by atoms with Crippen LogP contribution in [0.25, 0.3) is 0 Å². The van der Waals surface area contributed by atoms with Gasteiger partial charge in [-0.25, -0.2) is 0 Å². The Morgan fingerprint density at radius 3 is 2.18 bits per heavy atom. The summed E-state index contributed by atoms with van der Waals surface area (Å²) in [6, 6.07) is 5.10. The summed E-state index contributed by atoms with van der Waals surface area (Å²) in [5.41, 5.74) is 0.960. The summed E-state index contributed by atoms with van der Waals surface area (Å²) >= 11 is 0. The number of rotatable bonds is 8. The third-order valence-corrected chi connectivity index (χ3v) is 6.06. The van der Waals surface area contributed by atoms with E-state index in [9.17, 15) is 9.59 Å².